The molecule has 0 spiro atoms. The number of hydrogen-bond donors (Lipinski definition) is 0. The summed E-state index contributed by atoms with van der Waals surface area (Å²) in [5.74, 6) is 1.98. The van der Waals surface area contributed by atoms with Crippen LogP contribution in [-0.2, 0) is 16.8 Å². The minimum Gasteiger partial charge on any atom is -0.332 e. The average Bonchev–Trinajstić information content (AvgIpc) is 3.42. The molecule has 0 N–H and O–H groups in total. The van der Waals surface area contributed by atoms with E-state index in [2.05, 4.69) is 46.0 Å². The summed E-state index contributed by atoms with van der Waals surface area (Å²) in [6.07, 6.45) is 1.87. The van der Waals surface area contributed by atoms with E-state index in [0.29, 0.717) is 13.1 Å². The number of fused-ring (bicyclic) bond motifs is 1. The van der Waals surface area contributed by atoms with E-state index in [1.807, 2.05) is 41.3 Å². The van der Waals surface area contributed by atoms with E-state index in [0.717, 1.165) is 35.6 Å². The minimum absolute atomic E-state index is 0.148. The van der Waals surface area contributed by atoms with Gasteiger partial charge in [0.05, 0.1) is 18.0 Å². The maximum atomic E-state index is 13.4. The van der Waals surface area contributed by atoms with Gasteiger partial charge < -0.3 is 9.47 Å². The number of carbonyl (C=O) groups is 1. The van der Waals surface area contributed by atoms with Crippen molar-refractivity contribution in [2.24, 2.45) is 0 Å². The molecule has 0 unspecified atom stereocenters. The molecule has 5 heteroatoms. The highest BCUT2D eigenvalue weighted by molar-refractivity contribution is 5.91. The van der Waals surface area contributed by atoms with E-state index in [4.69, 9.17) is 0 Å². The molecule has 0 bridgehead atoms. The van der Waals surface area contributed by atoms with E-state index in [1.165, 1.54) is 0 Å². The van der Waals surface area contributed by atoms with Crippen molar-refractivity contribution in [1.29, 1.82) is 0 Å². The first kappa shape index (κ1) is 16.2. The summed E-state index contributed by atoms with van der Waals surface area (Å²) < 4.78 is 2.18. The molecule has 1 fully saturated rings. The monoisotopic (exact) mass is 358 g/mol. The molecule has 1 saturated carbocycles. The van der Waals surface area contributed by atoms with Gasteiger partial charge in [-0.25, -0.2) is 0 Å². The normalized spacial score (nSPS) is 20.2. The topological polar surface area (TPSA) is 51.0 Å². The maximum Gasteiger partial charge on any atom is 0.233 e. The largest absolute Gasteiger partial charge is 0.332 e. The van der Waals surface area contributed by atoms with Crippen LogP contribution in [0.15, 0.2) is 60.7 Å². The van der Waals surface area contributed by atoms with Crippen molar-refractivity contribution >= 4 is 5.91 Å². The van der Waals surface area contributed by atoms with Crippen molar-refractivity contribution in [1.82, 2.24) is 19.7 Å². The Morgan fingerprint density at radius 1 is 1.00 bits per heavy atom. The molecule has 136 valence electrons. The fourth-order valence-corrected chi connectivity index (χ4v) is 4.28. The van der Waals surface area contributed by atoms with Crippen LogP contribution in [0.2, 0.25) is 0 Å². The van der Waals surface area contributed by atoms with Crippen molar-refractivity contribution in [3.05, 3.63) is 72.1 Å². The van der Waals surface area contributed by atoms with Crippen LogP contribution in [0.3, 0.4) is 0 Å². The van der Waals surface area contributed by atoms with Gasteiger partial charge in [-0.15, -0.1) is 10.2 Å². The van der Waals surface area contributed by atoms with Crippen LogP contribution in [0.5, 0.6) is 0 Å². The lowest BCUT2D eigenvalue weighted by Gasteiger charge is -2.35. The highest BCUT2D eigenvalue weighted by atomic mass is 16.2. The van der Waals surface area contributed by atoms with Crippen molar-refractivity contribution in [3.8, 4) is 11.4 Å². The van der Waals surface area contributed by atoms with Crippen LogP contribution in [0, 0.1) is 0 Å². The SMILES string of the molecule is C[C@H]1CN(C(=O)C2(c3ccccc3)CC2)Cc2nnc(-c3ccccc3)n21. The highest BCUT2D eigenvalue weighted by Crippen LogP contribution is 2.50. The zero-order valence-corrected chi connectivity index (χ0v) is 15.4. The van der Waals surface area contributed by atoms with E-state index in [1.54, 1.807) is 0 Å². The third kappa shape index (κ3) is 2.57. The number of aromatic nitrogens is 3. The summed E-state index contributed by atoms with van der Waals surface area (Å²) in [4.78, 5) is 15.4. The van der Waals surface area contributed by atoms with Gasteiger partial charge in [-0.2, -0.15) is 0 Å². The Hall–Kier alpha value is -2.95. The lowest BCUT2D eigenvalue weighted by atomic mass is 9.94. The maximum absolute atomic E-state index is 13.4. The number of rotatable bonds is 3. The summed E-state index contributed by atoms with van der Waals surface area (Å²) in [5, 5.41) is 8.83. The molecule has 0 radical (unpaired) electrons. The quantitative estimate of drug-likeness (QED) is 0.719. The van der Waals surface area contributed by atoms with E-state index >= 15 is 0 Å². The van der Waals surface area contributed by atoms with Gasteiger partial charge in [-0.3, -0.25) is 4.79 Å². The molecule has 3 aromatic rings. The molecule has 1 atom stereocenters. The molecule has 1 amide bonds. The number of hydrogen-bond acceptors (Lipinski definition) is 3. The van der Waals surface area contributed by atoms with E-state index < -0.39 is 0 Å². The summed E-state index contributed by atoms with van der Waals surface area (Å²) >= 11 is 0. The van der Waals surface area contributed by atoms with Crippen LogP contribution in [0.25, 0.3) is 11.4 Å². The third-order valence-corrected chi connectivity index (χ3v) is 5.83. The predicted octanol–water partition coefficient (Wildman–Crippen LogP) is 3.58. The lowest BCUT2D eigenvalue weighted by molar-refractivity contribution is -0.136. The first-order chi connectivity index (χ1) is 13.2. The molecule has 1 aromatic heterocycles. The Labute approximate surface area is 158 Å². The number of carbonyl (C=O) groups excluding carboxylic acids is 1. The Balaban J connectivity index is 1.44. The molecule has 2 aliphatic rings. The molecule has 5 nitrogen and oxygen atoms in total. The van der Waals surface area contributed by atoms with Gasteiger partial charge in [0, 0.05) is 12.1 Å². The standard InChI is InChI=1S/C22H22N4O/c1-16-14-25(21(27)22(12-13-22)18-10-6-3-7-11-18)15-19-23-24-20(26(16)19)17-8-4-2-5-9-17/h2-11,16H,12-15H2,1H3/t16-/m0/s1. The third-order valence-electron chi connectivity index (χ3n) is 5.83. The van der Waals surface area contributed by atoms with Crippen LogP contribution in [-0.4, -0.2) is 32.1 Å². The second kappa shape index (κ2) is 6.05. The number of nitrogens with zero attached hydrogens (tertiary/aromatic N) is 4. The van der Waals surface area contributed by atoms with Crippen molar-refractivity contribution in [3.63, 3.8) is 0 Å². The second-order valence-electron chi connectivity index (χ2n) is 7.66. The zero-order valence-electron chi connectivity index (χ0n) is 15.4. The summed E-state index contributed by atoms with van der Waals surface area (Å²) in [6, 6.07) is 20.5. The molecular weight excluding hydrogens is 336 g/mol. The summed E-state index contributed by atoms with van der Waals surface area (Å²) in [5.41, 5.74) is 1.87. The van der Waals surface area contributed by atoms with Gasteiger partial charge in [-0.05, 0) is 25.3 Å². The van der Waals surface area contributed by atoms with Gasteiger partial charge in [0.15, 0.2) is 11.6 Å². The van der Waals surface area contributed by atoms with Crippen LogP contribution in [0.1, 0.15) is 37.2 Å². The second-order valence-corrected chi connectivity index (χ2v) is 7.66. The van der Waals surface area contributed by atoms with Crippen molar-refractivity contribution in [2.45, 2.75) is 37.8 Å². The Morgan fingerprint density at radius 2 is 1.67 bits per heavy atom. The molecule has 1 aliphatic carbocycles. The minimum atomic E-state index is -0.328. The van der Waals surface area contributed by atoms with E-state index in [9.17, 15) is 4.79 Å². The first-order valence-corrected chi connectivity index (χ1v) is 9.53. The van der Waals surface area contributed by atoms with Crippen LogP contribution in [0.4, 0.5) is 0 Å². The molecule has 5 rings (SSSR count). The van der Waals surface area contributed by atoms with Crippen LogP contribution >= 0.6 is 0 Å². The fourth-order valence-electron chi connectivity index (χ4n) is 4.28. The lowest BCUT2D eigenvalue weighted by Crippen LogP contribution is -2.45. The summed E-state index contributed by atoms with van der Waals surface area (Å²) in [6.45, 7) is 3.36. The smallest absolute Gasteiger partial charge is 0.233 e. The van der Waals surface area contributed by atoms with Gasteiger partial charge in [0.2, 0.25) is 5.91 Å². The molecule has 2 aromatic carbocycles. The first-order valence-electron chi connectivity index (χ1n) is 9.53. The van der Waals surface area contributed by atoms with Crippen LogP contribution < -0.4 is 0 Å². The zero-order chi connectivity index (χ0) is 18.4. The Morgan fingerprint density at radius 3 is 2.33 bits per heavy atom. The van der Waals surface area contributed by atoms with Gasteiger partial charge in [-0.1, -0.05) is 60.7 Å². The Bertz CT molecular complexity index is 976. The molecule has 2 heterocycles. The number of amides is 1. The highest BCUT2D eigenvalue weighted by Gasteiger charge is 2.53. The molecule has 27 heavy (non-hydrogen) atoms. The molecule has 1 aliphatic heterocycles. The van der Waals surface area contributed by atoms with E-state index in [-0.39, 0.29) is 17.4 Å². The van der Waals surface area contributed by atoms with Gasteiger partial charge in [0.1, 0.15) is 0 Å². The predicted molar refractivity (Wildman–Crippen MR) is 103 cm³/mol. The summed E-state index contributed by atoms with van der Waals surface area (Å²) in [7, 11) is 0. The molecule has 0 saturated heterocycles. The number of benzene rings is 2. The fraction of sp³-hybridized carbons (Fsp3) is 0.318. The van der Waals surface area contributed by atoms with Crippen molar-refractivity contribution in [2.75, 3.05) is 6.54 Å². The molecular formula is C22H22N4O. The average molecular weight is 358 g/mol. The van der Waals surface area contributed by atoms with Gasteiger partial charge >= 0.3 is 0 Å². The van der Waals surface area contributed by atoms with Crippen molar-refractivity contribution < 1.29 is 4.79 Å². The Kier molecular flexibility index (Phi) is 3.64. The van der Waals surface area contributed by atoms with Gasteiger partial charge in [0.25, 0.3) is 0 Å².